The minimum absolute atomic E-state index is 0.220. The molecule has 0 saturated carbocycles. The van der Waals surface area contributed by atoms with Crippen LogP contribution in [-0.2, 0) is 11.2 Å². The number of ether oxygens (including phenoxy) is 1. The number of rotatable bonds is 7. The van der Waals surface area contributed by atoms with Gasteiger partial charge in [0.25, 0.3) is 0 Å². The Morgan fingerprint density at radius 2 is 1.68 bits per heavy atom. The van der Waals surface area contributed by atoms with Crippen LogP contribution in [0, 0.1) is 6.92 Å². The van der Waals surface area contributed by atoms with E-state index in [0.717, 1.165) is 36.0 Å². The molecular formula is C14H26N4O. The Labute approximate surface area is 116 Å². The van der Waals surface area contributed by atoms with Crippen LogP contribution >= 0.6 is 0 Å². The Morgan fingerprint density at radius 1 is 1.11 bits per heavy atom. The monoisotopic (exact) mass is 266 g/mol. The van der Waals surface area contributed by atoms with Crippen molar-refractivity contribution < 1.29 is 4.74 Å². The molecule has 0 amide bonds. The maximum absolute atomic E-state index is 5.41. The Bertz CT molecular complexity index is 418. The van der Waals surface area contributed by atoms with E-state index in [1.54, 1.807) is 7.11 Å². The van der Waals surface area contributed by atoms with Crippen molar-refractivity contribution in [3.8, 4) is 0 Å². The Morgan fingerprint density at radius 3 is 2.16 bits per heavy atom. The molecule has 0 aliphatic heterocycles. The van der Waals surface area contributed by atoms with Crippen LogP contribution in [0.1, 0.15) is 39.1 Å². The number of hydrogen-bond acceptors (Lipinski definition) is 5. The van der Waals surface area contributed by atoms with E-state index in [0.29, 0.717) is 6.54 Å². The van der Waals surface area contributed by atoms with Crippen LogP contribution in [0.5, 0.6) is 0 Å². The number of hydrogen-bond donors (Lipinski definition) is 2. The molecule has 0 aliphatic rings. The lowest BCUT2D eigenvalue weighted by atomic mass is 10.1. The van der Waals surface area contributed by atoms with Crippen LogP contribution in [0.3, 0.4) is 0 Å². The Hall–Kier alpha value is -1.36. The summed E-state index contributed by atoms with van der Waals surface area (Å²) in [5.74, 6) is 2.64. The summed E-state index contributed by atoms with van der Waals surface area (Å²) in [5.41, 5.74) is 0.827. The van der Waals surface area contributed by atoms with Gasteiger partial charge >= 0.3 is 0 Å². The molecule has 1 aromatic rings. The number of anilines is 2. The van der Waals surface area contributed by atoms with Crippen LogP contribution in [0.2, 0.25) is 0 Å². The second-order valence-electron chi connectivity index (χ2n) is 5.16. The van der Waals surface area contributed by atoms with Gasteiger partial charge in [-0.05, 0) is 27.7 Å². The van der Waals surface area contributed by atoms with Crippen molar-refractivity contribution in [2.45, 2.75) is 46.6 Å². The normalized spacial score (nSPS) is 11.5. The maximum atomic E-state index is 5.41. The predicted octanol–water partition coefficient (Wildman–Crippen LogP) is 2.62. The number of aryl methyl sites for hydroxylation is 1. The molecule has 0 aliphatic carbocycles. The van der Waals surface area contributed by atoms with Gasteiger partial charge in [-0.1, -0.05) is 6.92 Å². The predicted molar refractivity (Wildman–Crippen MR) is 79.9 cm³/mol. The summed E-state index contributed by atoms with van der Waals surface area (Å²) in [4.78, 5) is 9.07. The van der Waals surface area contributed by atoms with Gasteiger partial charge < -0.3 is 15.4 Å². The molecule has 1 heterocycles. The van der Waals surface area contributed by atoms with Crippen molar-refractivity contribution >= 4 is 11.6 Å². The quantitative estimate of drug-likeness (QED) is 0.794. The summed E-state index contributed by atoms with van der Waals surface area (Å²) in [7, 11) is 1.72. The molecule has 0 bridgehead atoms. The van der Waals surface area contributed by atoms with E-state index in [4.69, 9.17) is 4.74 Å². The van der Waals surface area contributed by atoms with Crippen molar-refractivity contribution in [3.05, 3.63) is 11.4 Å². The highest BCUT2D eigenvalue weighted by Crippen LogP contribution is 2.21. The highest BCUT2D eigenvalue weighted by Gasteiger charge is 2.17. The van der Waals surface area contributed by atoms with E-state index < -0.39 is 0 Å². The largest absolute Gasteiger partial charge is 0.377 e. The first kappa shape index (κ1) is 15.7. The van der Waals surface area contributed by atoms with Gasteiger partial charge in [0, 0.05) is 32.2 Å². The third-order valence-electron chi connectivity index (χ3n) is 3.09. The molecule has 19 heavy (non-hydrogen) atoms. The standard InChI is InChI=1S/C14H26N4O/c1-7-11-17-12(15-8-2)10(3)13(18-11)16-9-14(4,5)19-6/h7-9H2,1-6H3,(H2,15,16,17,18). The third kappa shape index (κ3) is 4.35. The Kier molecular flexibility index (Phi) is 5.54. The average molecular weight is 266 g/mol. The molecule has 0 spiro atoms. The highest BCUT2D eigenvalue weighted by atomic mass is 16.5. The molecular weight excluding hydrogens is 240 g/mol. The van der Waals surface area contributed by atoms with E-state index in [-0.39, 0.29) is 5.60 Å². The first-order valence-corrected chi connectivity index (χ1v) is 6.84. The SMILES string of the molecule is CCNc1nc(CC)nc(NCC(C)(C)OC)c1C. The first-order valence-electron chi connectivity index (χ1n) is 6.84. The van der Waals surface area contributed by atoms with E-state index in [9.17, 15) is 0 Å². The number of methoxy groups -OCH3 is 1. The summed E-state index contributed by atoms with van der Waals surface area (Å²) in [6.07, 6.45) is 0.820. The van der Waals surface area contributed by atoms with Gasteiger partial charge in [-0.3, -0.25) is 0 Å². The Balaban J connectivity index is 2.95. The molecule has 0 atom stereocenters. The number of aromatic nitrogens is 2. The lowest BCUT2D eigenvalue weighted by Crippen LogP contribution is -2.32. The van der Waals surface area contributed by atoms with Gasteiger partial charge in [-0.2, -0.15) is 0 Å². The third-order valence-corrected chi connectivity index (χ3v) is 3.09. The maximum Gasteiger partial charge on any atom is 0.134 e. The van der Waals surface area contributed by atoms with E-state index in [1.807, 2.05) is 20.8 Å². The number of nitrogens with zero attached hydrogens (tertiary/aromatic N) is 2. The van der Waals surface area contributed by atoms with Gasteiger partial charge in [0.15, 0.2) is 0 Å². The molecule has 0 unspecified atom stereocenters. The van der Waals surface area contributed by atoms with Gasteiger partial charge in [0.2, 0.25) is 0 Å². The van der Waals surface area contributed by atoms with Crippen LogP contribution in [0.25, 0.3) is 0 Å². The minimum Gasteiger partial charge on any atom is -0.377 e. The van der Waals surface area contributed by atoms with Gasteiger partial charge in [-0.15, -0.1) is 0 Å². The van der Waals surface area contributed by atoms with E-state index in [1.165, 1.54) is 0 Å². The van der Waals surface area contributed by atoms with Gasteiger partial charge in [0.1, 0.15) is 17.5 Å². The lowest BCUT2D eigenvalue weighted by Gasteiger charge is -2.24. The summed E-state index contributed by atoms with van der Waals surface area (Å²) in [5, 5.41) is 6.64. The van der Waals surface area contributed by atoms with Gasteiger partial charge in [-0.25, -0.2) is 9.97 Å². The molecule has 108 valence electrons. The second kappa shape index (κ2) is 6.70. The fourth-order valence-electron chi connectivity index (χ4n) is 1.60. The molecule has 0 radical (unpaired) electrons. The second-order valence-corrected chi connectivity index (χ2v) is 5.16. The average Bonchev–Trinajstić information content (AvgIpc) is 2.40. The zero-order chi connectivity index (χ0) is 14.5. The summed E-state index contributed by atoms with van der Waals surface area (Å²) in [6.45, 7) is 11.8. The molecule has 1 aromatic heterocycles. The van der Waals surface area contributed by atoms with Crippen molar-refractivity contribution in [1.29, 1.82) is 0 Å². The zero-order valence-corrected chi connectivity index (χ0v) is 12.9. The van der Waals surface area contributed by atoms with Crippen molar-refractivity contribution in [1.82, 2.24) is 9.97 Å². The molecule has 0 fully saturated rings. The summed E-state index contributed by atoms with van der Waals surface area (Å²) >= 11 is 0. The van der Waals surface area contributed by atoms with E-state index in [2.05, 4.69) is 34.4 Å². The van der Waals surface area contributed by atoms with Crippen LogP contribution < -0.4 is 10.6 Å². The van der Waals surface area contributed by atoms with Crippen LogP contribution in [0.4, 0.5) is 11.6 Å². The number of nitrogens with one attached hydrogen (secondary N) is 2. The first-order chi connectivity index (χ1) is 8.93. The summed E-state index contributed by atoms with van der Waals surface area (Å²) < 4.78 is 5.41. The summed E-state index contributed by atoms with van der Waals surface area (Å²) in [6, 6.07) is 0. The lowest BCUT2D eigenvalue weighted by molar-refractivity contribution is 0.0343. The molecule has 0 saturated heterocycles. The van der Waals surface area contributed by atoms with Crippen LogP contribution in [-0.4, -0.2) is 35.8 Å². The fraction of sp³-hybridized carbons (Fsp3) is 0.714. The fourth-order valence-corrected chi connectivity index (χ4v) is 1.60. The van der Waals surface area contributed by atoms with E-state index >= 15 is 0 Å². The van der Waals surface area contributed by atoms with Gasteiger partial charge in [0.05, 0.1) is 5.60 Å². The minimum atomic E-state index is -0.220. The van der Waals surface area contributed by atoms with Crippen LogP contribution in [0.15, 0.2) is 0 Å². The molecule has 0 aromatic carbocycles. The highest BCUT2D eigenvalue weighted by molar-refractivity contribution is 5.57. The zero-order valence-electron chi connectivity index (χ0n) is 12.9. The topological polar surface area (TPSA) is 59.1 Å². The molecule has 5 nitrogen and oxygen atoms in total. The molecule has 2 N–H and O–H groups in total. The van der Waals surface area contributed by atoms with Crippen molar-refractivity contribution in [2.24, 2.45) is 0 Å². The molecule has 5 heteroatoms. The molecule has 1 rings (SSSR count). The van der Waals surface area contributed by atoms with Crippen molar-refractivity contribution in [3.63, 3.8) is 0 Å². The smallest absolute Gasteiger partial charge is 0.134 e. The van der Waals surface area contributed by atoms with Crippen molar-refractivity contribution in [2.75, 3.05) is 30.8 Å².